The molecule has 2 rings (SSSR count). The van der Waals surface area contributed by atoms with Gasteiger partial charge in [-0.05, 0) is 25.0 Å². The number of hydrogen-bond donors (Lipinski definition) is 1. The Morgan fingerprint density at radius 3 is 2.78 bits per heavy atom. The van der Waals surface area contributed by atoms with Gasteiger partial charge in [0.1, 0.15) is 0 Å². The first-order valence-electron chi connectivity index (χ1n) is 6.84. The topological polar surface area (TPSA) is 55.6 Å². The van der Waals surface area contributed by atoms with Crippen molar-refractivity contribution in [3.8, 4) is 0 Å². The minimum atomic E-state index is -0.596. The summed E-state index contributed by atoms with van der Waals surface area (Å²) >= 11 is 1.93. The number of methoxy groups -OCH3 is 1. The maximum atomic E-state index is 12.7. The molecule has 1 saturated heterocycles. The summed E-state index contributed by atoms with van der Waals surface area (Å²) in [6, 6.07) is 0.360. The molecule has 18 heavy (non-hydrogen) atoms. The second kappa shape index (κ2) is 6.26. The highest BCUT2D eigenvalue weighted by Crippen LogP contribution is 2.31. The van der Waals surface area contributed by atoms with Crippen LogP contribution in [0.15, 0.2) is 0 Å². The Kier molecular flexibility index (Phi) is 4.92. The molecule has 5 heteroatoms. The van der Waals surface area contributed by atoms with E-state index in [1.54, 1.807) is 7.11 Å². The van der Waals surface area contributed by atoms with Crippen molar-refractivity contribution >= 4 is 17.7 Å². The Morgan fingerprint density at radius 2 is 2.22 bits per heavy atom. The highest BCUT2D eigenvalue weighted by Gasteiger charge is 2.42. The SMILES string of the molecule is COCCN(C(=O)C1(N)CCCC1)C1CCSC1. The van der Waals surface area contributed by atoms with E-state index >= 15 is 0 Å². The van der Waals surface area contributed by atoms with Crippen LogP contribution < -0.4 is 5.73 Å². The van der Waals surface area contributed by atoms with Gasteiger partial charge in [0, 0.05) is 25.4 Å². The van der Waals surface area contributed by atoms with Crippen molar-refractivity contribution in [2.75, 3.05) is 31.8 Å². The van der Waals surface area contributed by atoms with Crippen LogP contribution in [-0.4, -0.2) is 54.2 Å². The lowest BCUT2D eigenvalue weighted by Gasteiger charge is -2.35. The van der Waals surface area contributed by atoms with E-state index in [0.29, 0.717) is 19.2 Å². The zero-order valence-corrected chi connectivity index (χ0v) is 12.0. The van der Waals surface area contributed by atoms with Crippen LogP contribution in [0.2, 0.25) is 0 Å². The van der Waals surface area contributed by atoms with E-state index in [1.165, 1.54) is 0 Å². The third-order valence-electron chi connectivity index (χ3n) is 4.07. The van der Waals surface area contributed by atoms with Crippen molar-refractivity contribution in [2.24, 2.45) is 5.73 Å². The van der Waals surface area contributed by atoms with Crippen molar-refractivity contribution in [1.82, 2.24) is 4.90 Å². The number of rotatable bonds is 5. The number of amides is 1. The maximum Gasteiger partial charge on any atom is 0.243 e. The van der Waals surface area contributed by atoms with Crippen LogP contribution in [0.25, 0.3) is 0 Å². The molecule has 0 aromatic carbocycles. The molecule has 0 spiro atoms. The van der Waals surface area contributed by atoms with E-state index in [9.17, 15) is 4.79 Å². The molecule has 2 N–H and O–H groups in total. The zero-order valence-electron chi connectivity index (χ0n) is 11.2. The van der Waals surface area contributed by atoms with Crippen molar-refractivity contribution in [3.63, 3.8) is 0 Å². The molecule has 1 aliphatic carbocycles. The predicted molar refractivity (Wildman–Crippen MR) is 74.7 cm³/mol. The molecule has 0 bridgehead atoms. The maximum absolute atomic E-state index is 12.7. The Balaban J connectivity index is 2.04. The van der Waals surface area contributed by atoms with Crippen LogP contribution in [0, 0.1) is 0 Å². The second-order valence-electron chi connectivity index (χ2n) is 5.37. The van der Waals surface area contributed by atoms with Crippen LogP contribution in [0.3, 0.4) is 0 Å². The first-order chi connectivity index (χ1) is 8.67. The lowest BCUT2D eigenvalue weighted by atomic mass is 9.96. The molecule has 1 heterocycles. The first-order valence-corrected chi connectivity index (χ1v) is 7.99. The summed E-state index contributed by atoms with van der Waals surface area (Å²) in [4.78, 5) is 14.7. The monoisotopic (exact) mass is 272 g/mol. The molecular weight excluding hydrogens is 248 g/mol. The first kappa shape index (κ1) is 14.2. The standard InChI is InChI=1S/C13H24N2O2S/c1-17-8-7-15(11-4-9-18-10-11)12(16)13(14)5-2-3-6-13/h11H,2-10,14H2,1H3. The van der Waals surface area contributed by atoms with Crippen LogP contribution >= 0.6 is 11.8 Å². The Labute approximate surface area is 114 Å². The van der Waals surface area contributed by atoms with Crippen molar-refractivity contribution in [2.45, 2.75) is 43.7 Å². The van der Waals surface area contributed by atoms with Crippen molar-refractivity contribution in [1.29, 1.82) is 0 Å². The highest BCUT2D eigenvalue weighted by atomic mass is 32.2. The summed E-state index contributed by atoms with van der Waals surface area (Å²) in [7, 11) is 1.68. The summed E-state index contributed by atoms with van der Waals surface area (Å²) in [5.74, 6) is 2.36. The van der Waals surface area contributed by atoms with Gasteiger partial charge in [0.15, 0.2) is 0 Å². The normalized spacial score (nSPS) is 26.4. The summed E-state index contributed by atoms with van der Waals surface area (Å²) in [6.45, 7) is 1.28. The fourth-order valence-electron chi connectivity index (χ4n) is 2.91. The van der Waals surface area contributed by atoms with Gasteiger partial charge in [-0.3, -0.25) is 4.79 Å². The third kappa shape index (κ3) is 3.00. The summed E-state index contributed by atoms with van der Waals surface area (Å²) in [6.07, 6.45) is 4.94. The van der Waals surface area contributed by atoms with E-state index in [-0.39, 0.29) is 5.91 Å². The van der Waals surface area contributed by atoms with Gasteiger partial charge in [-0.15, -0.1) is 0 Å². The smallest absolute Gasteiger partial charge is 0.243 e. The molecule has 0 radical (unpaired) electrons. The minimum Gasteiger partial charge on any atom is -0.383 e. The van der Waals surface area contributed by atoms with Gasteiger partial charge >= 0.3 is 0 Å². The van der Waals surface area contributed by atoms with Gasteiger partial charge in [0.25, 0.3) is 0 Å². The van der Waals surface area contributed by atoms with Gasteiger partial charge in [0.2, 0.25) is 5.91 Å². The van der Waals surface area contributed by atoms with Crippen LogP contribution in [0.5, 0.6) is 0 Å². The molecule has 1 saturated carbocycles. The fourth-order valence-corrected chi connectivity index (χ4v) is 4.14. The zero-order chi connectivity index (χ0) is 13.0. The summed E-state index contributed by atoms with van der Waals surface area (Å²) < 4.78 is 5.14. The van der Waals surface area contributed by atoms with Gasteiger partial charge in [-0.2, -0.15) is 11.8 Å². The number of nitrogens with two attached hydrogens (primary N) is 1. The molecule has 1 amide bonds. The van der Waals surface area contributed by atoms with Crippen molar-refractivity contribution < 1.29 is 9.53 Å². The van der Waals surface area contributed by atoms with E-state index in [0.717, 1.165) is 43.6 Å². The predicted octanol–water partition coefficient (Wildman–Crippen LogP) is 1.24. The van der Waals surface area contributed by atoms with Crippen molar-refractivity contribution in [3.05, 3.63) is 0 Å². The molecule has 1 atom stereocenters. The van der Waals surface area contributed by atoms with Crippen LogP contribution in [-0.2, 0) is 9.53 Å². The molecular formula is C13H24N2O2S. The van der Waals surface area contributed by atoms with Gasteiger partial charge in [-0.25, -0.2) is 0 Å². The lowest BCUT2D eigenvalue weighted by molar-refractivity contribution is -0.139. The largest absolute Gasteiger partial charge is 0.383 e. The number of carbonyl (C=O) groups is 1. The van der Waals surface area contributed by atoms with Gasteiger partial charge in [0.05, 0.1) is 12.1 Å². The molecule has 0 aromatic heterocycles. The average molecular weight is 272 g/mol. The highest BCUT2D eigenvalue weighted by molar-refractivity contribution is 7.99. The Morgan fingerprint density at radius 1 is 1.50 bits per heavy atom. The Hall–Kier alpha value is -0.260. The molecule has 2 aliphatic rings. The summed E-state index contributed by atoms with van der Waals surface area (Å²) in [5, 5.41) is 0. The van der Waals surface area contributed by atoms with E-state index in [2.05, 4.69) is 0 Å². The number of carbonyl (C=O) groups excluding carboxylic acids is 1. The molecule has 1 aliphatic heterocycles. The lowest BCUT2D eigenvalue weighted by Crippen LogP contribution is -2.57. The number of hydrogen-bond acceptors (Lipinski definition) is 4. The second-order valence-corrected chi connectivity index (χ2v) is 6.52. The van der Waals surface area contributed by atoms with E-state index in [1.807, 2.05) is 16.7 Å². The minimum absolute atomic E-state index is 0.157. The number of ether oxygens (including phenoxy) is 1. The van der Waals surface area contributed by atoms with E-state index < -0.39 is 5.54 Å². The summed E-state index contributed by atoms with van der Waals surface area (Å²) in [5.41, 5.74) is 5.71. The van der Waals surface area contributed by atoms with Crippen LogP contribution in [0.1, 0.15) is 32.1 Å². The van der Waals surface area contributed by atoms with Crippen LogP contribution in [0.4, 0.5) is 0 Å². The molecule has 104 valence electrons. The fraction of sp³-hybridized carbons (Fsp3) is 0.923. The Bertz CT molecular complexity index is 287. The third-order valence-corrected chi connectivity index (χ3v) is 5.21. The molecule has 1 unspecified atom stereocenters. The number of nitrogens with zero attached hydrogens (tertiary/aromatic N) is 1. The van der Waals surface area contributed by atoms with E-state index in [4.69, 9.17) is 10.5 Å². The molecule has 4 nitrogen and oxygen atoms in total. The van der Waals surface area contributed by atoms with Gasteiger partial charge in [-0.1, -0.05) is 12.8 Å². The average Bonchev–Trinajstić information content (AvgIpc) is 3.01. The molecule has 2 fully saturated rings. The number of thioether (sulfide) groups is 1. The molecule has 0 aromatic rings. The quantitative estimate of drug-likeness (QED) is 0.818. The van der Waals surface area contributed by atoms with Gasteiger partial charge < -0.3 is 15.4 Å².